The van der Waals surface area contributed by atoms with E-state index in [0.717, 1.165) is 30.7 Å². The Balaban J connectivity index is 1.89. The quantitative estimate of drug-likeness (QED) is 0.759. The molecular formula is C14H20N2O. The SMILES string of the molecule is C#CCN(C)Cc1cc(CNC2CC2)c(C)o1. The van der Waals surface area contributed by atoms with Crippen LogP contribution in [0.2, 0.25) is 0 Å². The summed E-state index contributed by atoms with van der Waals surface area (Å²) in [5, 5.41) is 3.50. The summed E-state index contributed by atoms with van der Waals surface area (Å²) in [7, 11) is 2.00. The Morgan fingerprint density at radius 1 is 1.59 bits per heavy atom. The van der Waals surface area contributed by atoms with Crippen molar-refractivity contribution in [2.75, 3.05) is 13.6 Å². The Hall–Kier alpha value is -1.24. The predicted octanol–water partition coefficient (Wildman–Crippen LogP) is 1.91. The van der Waals surface area contributed by atoms with Crippen molar-refractivity contribution in [3.63, 3.8) is 0 Å². The average Bonchev–Trinajstić information content (AvgIpc) is 3.02. The molecule has 0 aliphatic heterocycles. The molecule has 3 heteroatoms. The van der Waals surface area contributed by atoms with Crippen molar-refractivity contribution in [1.82, 2.24) is 10.2 Å². The summed E-state index contributed by atoms with van der Waals surface area (Å²) in [6.45, 7) is 4.36. The topological polar surface area (TPSA) is 28.4 Å². The van der Waals surface area contributed by atoms with E-state index in [9.17, 15) is 0 Å². The van der Waals surface area contributed by atoms with Crippen LogP contribution in [0.3, 0.4) is 0 Å². The zero-order chi connectivity index (χ0) is 12.3. The number of furan rings is 1. The lowest BCUT2D eigenvalue weighted by Gasteiger charge is -2.10. The molecule has 92 valence electrons. The molecule has 1 N–H and O–H groups in total. The molecule has 0 saturated heterocycles. The first kappa shape index (κ1) is 12.2. The highest BCUT2D eigenvalue weighted by molar-refractivity contribution is 5.21. The minimum absolute atomic E-state index is 0.648. The van der Waals surface area contributed by atoms with Crippen LogP contribution in [-0.2, 0) is 13.1 Å². The molecule has 0 radical (unpaired) electrons. The van der Waals surface area contributed by atoms with Crippen molar-refractivity contribution in [1.29, 1.82) is 0 Å². The smallest absolute Gasteiger partial charge is 0.118 e. The molecule has 1 fully saturated rings. The van der Waals surface area contributed by atoms with Crippen LogP contribution in [-0.4, -0.2) is 24.5 Å². The Bertz CT molecular complexity index is 412. The van der Waals surface area contributed by atoms with Crippen LogP contribution in [0, 0.1) is 19.3 Å². The summed E-state index contributed by atoms with van der Waals surface area (Å²) in [4.78, 5) is 2.07. The molecule has 1 aliphatic carbocycles. The van der Waals surface area contributed by atoms with Gasteiger partial charge in [-0.3, -0.25) is 4.90 Å². The van der Waals surface area contributed by atoms with Crippen LogP contribution in [0.4, 0.5) is 0 Å². The largest absolute Gasteiger partial charge is 0.465 e. The number of aryl methyl sites for hydroxylation is 1. The fourth-order valence-electron chi connectivity index (χ4n) is 1.86. The molecule has 1 aliphatic rings. The van der Waals surface area contributed by atoms with Crippen molar-refractivity contribution in [2.24, 2.45) is 0 Å². The van der Waals surface area contributed by atoms with Gasteiger partial charge in [-0.05, 0) is 32.9 Å². The normalized spacial score (nSPS) is 15.2. The van der Waals surface area contributed by atoms with E-state index in [0.29, 0.717) is 6.54 Å². The van der Waals surface area contributed by atoms with Gasteiger partial charge in [-0.25, -0.2) is 0 Å². The Morgan fingerprint density at radius 3 is 3.00 bits per heavy atom. The van der Waals surface area contributed by atoms with Gasteiger partial charge in [0.1, 0.15) is 11.5 Å². The highest BCUT2D eigenvalue weighted by atomic mass is 16.3. The zero-order valence-corrected chi connectivity index (χ0v) is 10.6. The monoisotopic (exact) mass is 232 g/mol. The van der Waals surface area contributed by atoms with Crippen LogP contribution in [0.1, 0.15) is 29.9 Å². The number of rotatable bonds is 6. The van der Waals surface area contributed by atoms with E-state index in [1.165, 1.54) is 18.4 Å². The van der Waals surface area contributed by atoms with Gasteiger partial charge in [-0.15, -0.1) is 6.42 Å². The molecule has 17 heavy (non-hydrogen) atoms. The molecule has 0 aromatic carbocycles. The standard InChI is InChI=1S/C14H20N2O/c1-4-7-16(3)10-14-8-12(11(2)17-14)9-15-13-5-6-13/h1,8,13,15H,5-7,9-10H2,2-3H3. The summed E-state index contributed by atoms with van der Waals surface area (Å²) < 4.78 is 5.73. The second kappa shape index (κ2) is 5.39. The third kappa shape index (κ3) is 3.62. The van der Waals surface area contributed by atoms with Gasteiger partial charge in [0.05, 0.1) is 13.1 Å². The van der Waals surface area contributed by atoms with Crippen LogP contribution < -0.4 is 5.32 Å². The number of nitrogens with one attached hydrogen (secondary N) is 1. The van der Waals surface area contributed by atoms with Gasteiger partial charge in [0.15, 0.2) is 0 Å². The van der Waals surface area contributed by atoms with Crippen molar-refractivity contribution >= 4 is 0 Å². The second-order valence-electron chi connectivity index (χ2n) is 4.83. The number of nitrogens with zero attached hydrogens (tertiary/aromatic N) is 1. The van der Waals surface area contributed by atoms with Crippen molar-refractivity contribution in [3.8, 4) is 12.3 Å². The molecule has 0 bridgehead atoms. The molecule has 1 saturated carbocycles. The van der Waals surface area contributed by atoms with Crippen molar-refractivity contribution in [2.45, 2.75) is 38.9 Å². The van der Waals surface area contributed by atoms with Crippen LogP contribution >= 0.6 is 0 Å². The lowest BCUT2D eigenvalue weighted by atomic mass is 10.2. The van der Waals surface area contributed by atoms with Gasteiger partial charge in [0, 0.05) is 18.2 Å². The third-order valence-electron chi connectivity index (χ3n) is 3.02. The maximum absolute atomic E-state index is 5.73. The summed E-state index contributed by atoms with van der Waals surface area (Å²) in [5.74, 6) is 4.64. The predicted molar refractivity (Wildman–Crippen MR) is 68.5 cm³/mol. The zero-order valence-electron chi connectivity index (χ0n) is 10.6. The van der Waals surface area contributed by atoms with E-state index < -0.39 is 0 Å². The van der Waals surface area contributed by atoms with Crippen LogP contribution in [0.15, 0.2) is 10.5 Å². The van der Waals surface area contributed by atoms with E-state index >= 15 is 0 Å². The van der Waals surface area contributed by atoms with Crippen LogP contribution in [0.25, 0.3) is 0 Å². The summed E-state index contributed by atoms with van der Waals surface area (Å²) in [6, 6.07) is 2.87. The van der Waals surface area contributed by atoms with Crippen LogP contribution in [0.5, 0.6) is 0 Å². The molecule has 1 aromatic rings. The van der Waals surface area contributed by atoms with Crippen molar-refractivity contribution in [3.05, 3.63) is 23.2 Å². The van der Waals surface area contributed by atoms with Gasteiger partial charge in [0.25, 0.3) is 0 Å². The van der Waals surface area contributed by atoms with Gasteiger partial charge >= 0.3 is 0 Å². The summed E-state index contributed by atoms with van der Waals surface area (Å²) >= 11 is 0. The van der Waals surface area contributed by atoms with Gasteiger partial charge < -0.3 is 9.73 Å². The van der Waals surface area contributed by atoms with Crippen molar-refractivity contribution < 1.29 is 4.42 Å². The average molecular weight is 232 g/mol. The van der Waals surface area contributed by atoms with Gasteiger partial charge in [-0.1, -0.05) is 5.92 Å². The molecule has 2 rings (SSSR count). The summed E-state index contributed by atoms with van der Waals surface area (Å²) in [5.41, 5.74) is 1.26. The van der Waals surface area contributed by atoms with E-state index in [2.05, 4.69) is 22.2 Å². The van der Waals surface area contributed by atoms with Gasteiger partial charge in [0.2, 0.25) is 0 Å². The Labute approximate surface area is 103 Å². The summed E-state index contributed by atoms with van der Waals surface area (Å²) in [6.07, 6.45) is 7.90. The number of hydrogen-bond donors (Lipinski definition) is 1. The molecule has 0 amide bonds. The molecule has 0 atom stereocenters. The highest BCUT2D eigenvalue weighted by Gasteiger charge is 2.20. The first-order valence-corrected chi connectivity index (χ1v) is 6.12. The Kier molecular flexibility index (Phi) is 3.88. The highest BCUT2D eigenvalue weighted by Crippen LogP contribution is 2.21. The molecule has 1 aromatic heterocycles. The minimum atomic E-state index is 0.648. The minimum Gasteiger partial charge on any atom is -0.465 e. The van der Waals surface area contributed by atoms with E-state index in [-0.39, 0.29) is 0 Å². The number of terminal acetylenes is 1. The maximum Gasteiger partial charge on any atom is 0.118 e. The lowest BCUT2D eigenvalue weighted by molar-refractivity contribution is 0.322. The lowest BCUT2D eigenvalue weighted by Crippen LogP contribution is -2.17. The van der Waals surface area contributed by atoms with E-state index in [1.807, 2.05) is 14.0 Å². The van der Waals surface area contributed by atoms with E-state index in [1.54, 1.807) is 0 Å². The fourth-order valence-corrected chi connectivity index (χ4v) is 1.86. The maximum atomic E-state index is 5.73. The molecule has 1 heterocycles. The first-order chi connectivity index (χ1) is 8.19. The molecule has 0 unspecified atom stereocenters. The Morgan fingerprint density at radius 2 is 2.35 bits per heavy atom. The third-order valence-corrected chi connectivity index (χ3v) is 3.02. The van der Waals surface area contributed by atoms with E-state index in [4.69, 9.17) is 10.8 Å². The molecule has 3 nitrogen and oxygen atoms in total. The second-order valence-corrected chi connectivity index (χ2v) is 4.83. The fraction of sp³-hybridized carbons (Fsp3) is 0.571. The molecule has 0 spiro atoms. The first-order valence-electron chi connectivity index (χ1n) is 6.12. The van der Waals surface area contributed by atoms with Gasteiger partial charge in [-0.2, -0.15) is 0 Å². The number of hydrogen-bond acceptors (Lipinski definition) is 3. The molecular weight excluding hydrogens is 212 g/mol.